The molecule has 7 heteroatoms. The molecule has 0 radical (unpaired) electrons. The Morgan fingerprint density at radius 1 is 1.28 bits per heavy atom. The second-order valence-electron chi connectivity index (χ2n) is 3.72. The zero-order valence-corrected chi connectivity index (χ0v) is 11.6. The maximum Gasteiger partial charge on any atom is 0.401 e. The van der Waals surface area contributed by atoms with Crippen molar-refractivity contribution in [3.8, 4) is 0 Å². The standard InChI is InChI=1S/C11H11BrClF4N/c12-4-5-18(7-11(15,16)17)6-8-9(13)2-1-3-10(8)14/h1-3H,4-7H2. The van der Waals surface area contributed by atoms with Crippen LogP contribution in [0.25, 0.3) is 0 Å². The molecule has 18 heavy (non-hydrogen) atoms. The predicted molar refractivity (Wildman–Crippen MR) is 66.5 cm³/mol. The van der Waals surface area contributed by atoms with Crippen LogP contribution in [0.15, 0.2) is 18.2 Å². The van der Waals surface area contributed by atoms with Crippen LogP contribution >= 0.6 is 27.5 Å². The van der Waals surface area contributed by atoms with Crippen molar-refractivity contribution in [1.82, 2.24) is 4.90 Å². The first-order valence-corrected chi connectivity index (χ1v) is 6.61. The van der Waals surface area contributed by atoms with Crippen molar-refractivity contribution in [2.45, 2.75) is 12.7 Å². The van der Waals surface area contributed by atoms with E-state index in [1.165, 1.54) is 18.2 Å². The Bertz CT molecular complexity index is 377. The molecule has 1 nitrogen and oxygen atoms in total. The average molecular weight is 349 g/mol. The topological polar surface area (TPSA) is 3.24 Å². The van der Waals surface area contributed by atoms with Gasteiger partial charge in [-0.25, -0.2) is 4.39 Å². The molecule has 0 aliphatic carbocycles. The largest absolute Gasteiger partial charge is 0.401 e. The number of nitrogens with zero attached hydrogens (tertiary/aromatic N) is 1. The lowest BCUT2D eigenvalue weighted by molar-refractivity contribution is -0.146. The van der Waals surface area contributed by atoms with Crippen molar-refractivity contribution in [3.05, 3.63) is 34.6 Å². The van der Waals surface area contributed by atoms with E-state index in [0.29, 0.717) is 5.33 Å². The summed E-state index contributed by atoms with van der Waals surface area (Å²) in [6.07, 6.45) is -4.32. The summed E-state index contributed by atoms with van der Waals surface area (Å²) in [6, 6.07) is 4.06. The molecular formula is C11H11BrClF4N. The number of alkyl halides is 4. The molecule has 0 saturated carbocycles. The first-order chi connectivity index (χ1) is 8.33. The summed E-state index contributed by atoms with van der Waals surface area (Å²) >= 11 is 8.86. The molecule has 0 aliphatic heterocycles. The number of halogens is 6. The summed E-state index contributed by atoms with van der Waals surface area (Å²) in [6.45, 7) is -1.11. The predicted octanol–water partition coefficient (Wildman–Crippen LogP) is 4.24. The van der Waals surface area contributed by atoms with E-state index in [0.717, 1.165) is 4.90 Å². The normalized spacial score (nSPS) is 12.2. The first-order valence-electron chi connectivity index (χ1n) is 5.11. The van der Waals surface area contributed by atoms with E-state index < -0.39 is 18.5 Å². The van der Waals surface area contributed by atoms with Crippen LogP contribution in [0.5, 0.6) is 0 Å². The van der Waals surface area contributed by atoms with Gasteiger partial charge in [0.2, 0.25) is 0 Å². The monoisotopic (exact) mass is 347 g/mol. The minimum Gasteiger partial charge on any atom is -0.290 e. The number of benzene rings is 1. The molecule has 0 unspecified atom stereocenters. The third kappa shape index (κ3) is 5.12. The second-order valence-corrected chi connectivity index (χ2v) is 4.92. The van der Waals surface area contributed by atoms with Gasteiger partial charge in [0.15, 0.2) is 0 Å². The fraction of sp³-hybridized carbons (Fsp3) is 0.455. The smallest absolute Gasteiger partial charge is 0.290 e. The van der Waals surface area contributed by atoms with E-state index in [4.69, 9.17) is 11.6 Å². The molecule has 0 N–H and O–H groups in total. The lowest BCUT2D eigenvalue weighted by Crippen LogP contribution is -2.35. The molecular weight excluding hydrogens is 337 g/mol. The summed E-state index contributed by atoms with van der Waals surface area (Å²) in [5.74, 6) is -0.593. The lowest BCUT2D eigenvalue weighted by atomic mass is 10.2. The van der Waals surface area contributed by atoms with Crippen LogP contribution in [0.2, 0.25) is 5.02 Å². The Balaban J connectivity index is 2.83. The molecule has 0 aromatic heterocycles. The third-order valence-corrected chi connectivity index (χ3v) is 2.96. The van der Waals surface area contributed by atoms with E-state index in [2.05, 4.69) is 15.9 Å². The molecule has 1 rings (SSSR count). The highest BCUT2D eigenvalue weighted by Gasteiger charge is 2.30. The quantitative estimate of drug-likeness (QED) is 0.568. The zero-order valence-electron chi connectivity index (χ0n) is 9.28. The van der Waals surface area contributed by atoms with E-state index in [9.17, 15) is 17.6 Å². The summed E-state index contributed by atoms with van der Waals surface area (Å²) in [7, 11) is 0. The van der Waals surface area contributed by atoms with Gasteiger partial charge in [0.25, 0.3) is 0 Å². The molecule has 0 aliphatic rings. The van der Waals surface area contributed by atoms with Gasteiger partial charge in [-0.15, -0.1) is 0 Å². The first kappa shape index (κ1) is 15.7. The van der Waals surface area contributed by atoms with E-state index in [-0.39, 0.29) is 23.7 Å². The van der Waals surface area contributed by atoms with Gasteiger partial charge < -0.3 is 0 Å². The van der Waals surface area contributed by atoms with Crippen LogP contribution in [0.1, 0.15) is 5.56 Å². The highest BCUT2D eigenvalue weighted by atomic mass is 79.9. The van der Waals surface area contributed by atoms with Crippen molar-refractivity contribution in [2.75, 3.05) is 18.4 Å². The van der Waals surface area contributed by atoms with Crippen LogP contribution in [0.3, 0.4) is 0 Å². The van der Waals surface area contributed by atoms with E-state index in [1.807, 2.05) is 0 Å². The van der Waals surface area contributed by atoms with Crippen molar-refractivity contribution in [1.29, 1.82) is 0 Å². The third-order valence-electron chi connectivity index (χ3n) is 2.25. The second kappa shape index (κ2) is 6.73. The highest BCUT2D eigenvalue weighted by molar-refractivity contribution is 9.09. The lowest BCUT2D eigenvalue weighted by Gasteiger charge is -2.23. The summed E-state index contributed by atoms with van der Waals surface area (Å²) in [5, 5.41) is 0.506. The fourth-order valence-electron chi connectivity index (χ4n) is 1.49. The van der Waals surface area contributed by atoms with Crippen molar-refractivity contribution in [2.24, 2.45) is 0 Å². The van der Waals surface area contributed by atoms with Gasteiger partial charge in [0.1, 0.15) is 5.82 Å². The summed E-state index contributed by atoms with van der Waals surface area (Å²) in [4.78, 5) is 1.10. The zero-order chi connectivity index (χ0) is 13.8. The number of hydrogen-bond donors (Lipinski definition) is 0. The Morgan fingerprint density at radius 2 is 1.94 bits per heavy atom. The molecule has 1 aromatic rings. The van der Waals surface area contributed by atoms with E-state index in [1.54, 1.807) is 0 Å². The van der Waals surface area contributed by atoms with Gasteiger partial charge in [0.05, 0.1) is 6.54 Å². The van der Waals surface area contributed by atoms with Crippen LogP contribution in [0, 0.1) is 5.82 Å². The van der Waals surface area contributed by atoms with Gasteiger partial charge in [-0.3, -0.25) is 4.90 Å². The minimum absolute atomic E-state index is 0.0874. The molecule has 0 amide bonds. The molecule has 0 bridgehead atoms. The Hall–Kier alpha value is -0.330. The Kier molecular flexibility index (Phi) is 5.88. The van der Waals surface area contributed by atoms with Gasteiger partial charge in [0, 0.05) is 29.0 Å². The molecule has 0 spiro atoms. The molecule has 102 valence electrons. The van der Waals surface area contributed by atoms with Crippen molar-refractivity contribution >= 4 is 27.5 Å². The maximum absolute atomic E-state index is 13.5. The summed E-state index contributed by atoms with van der Waals surface area (Å²) < 4.78 is 50.5. The van der Waals surface area contributed by atoms with Crippen LogP contribution in [0.4, 0.5) is 17.6 Å². The van der Waals surface area contributed by atoms with E-state index >= 15 is 0 Å². The average Bonchev–Trinajstić information content (AvgIpc) is 2.21. The van der Waals surface area contributed by atoms with Gasteiger partial charge in [-0.05, 0) is 12.1 Å². The number of hydrogen-bond acceptors (Lipinski definition) is 1. The molecule has 0 atom stereocenters. The van der Waals surface area contributed by atoms with Gasteiger partial charge in [-0.1, -0.05) is 33.6 Å². The van der Waals surface area contributed by atoms with Crippen LogP contribution < -0.4 is 0 Å². The van der Waals surface area contributed by atoms with Gasteiger partial charge >= 0.3 is 6.18 Å². The molecule has 0 saturated heterocycles. The van der Waals surface area contributed by atoms with Crippen molar-refractivity contribution < 1.29 is 17.6 Å². The number of rotatable bonds is 5. The van der Waals surface area contributed by atoms with Crippen molar-refractivity contribution in [3.63, 3.8) is 0 Å². The fourth-order valence-corrected chi connectivity index (χ4v) is 2.22. The van der Waals surface area contributed by atoms with Gasteiger partial charge in [-0.2, -0.15) is 13.2 Å². The maximum atomic E-state index is 13.5. The molecule has 0 heterocycles. The Labute approximate surface area is 116 Å². The minimum atomic E-state index is -4.32. The molecule has 1 aromatic carbocycles. The molecule has 0 fully saturated rings. The SMILES string of the molecule is Fc1cccc(Cl)c1CN(CCBr)CC(F)(F)F. The highest BCUT2D eigenvalue weighted by Crippen LogP contribution is 2.23. The van der Waals surface area contributed by atoms with Crippen LogP contribution in [-0.4, -0.2) is 29.5 Å². The summed E-state index contributed by atoms with van der Waals surface area (Å²) in [5.41, 5.74) is 0.0874. The van der Waals surface area contributed by atoms with Crippen LogP contribution in [-0.2, 0) is 6.54 Å². The Morgan fingerprint density at radius 3 is 2.44 bits per heavy atom.